The molecule has 6 nitrogen and oxygen atoms in total. The van der Waals surface area contributed by atoms with Crippen LogP contribution >= 0.6 is 23.1 Å². The predicted octanol–water partition coefficient (Wildman–Crippen LogP) is 5.30. The van der Waals surface area contributed by atoms with Crippen LogP contribution in [0.25, 0.3) is 31.9 Å². The van der Waals surface area contributed by atoms with E-state index < -0.39 is 0 Å². The standard InChI is InChI=1S/C22H22N4O2S2/c1-29-22-25-18-16-13-6-2-7-14(13)17(15-8-4-10-28-15)24-21(16)30-19(18)20(26-22)23-11-12-5-3-9-27-12/h4,8,10,12H,2-3,5-7,9,11H2,1H3,(H,23,25,26)/t12-/m0/s1. The highest BCUT2D eigenvalue weighted by Crippen LogP contribution is 2.44. The molecular formula is C22H22N4O2S2. The van der Waals surface area contributed by atoms with Gasteiger partial charge in [-0.2, -0.15) is 0 Å². The average molecular weight is 439 g/mol. The lowest BCUT2D eigenvalue weighted by molar-refractivity contribution is 0.120. The van der Waals surface area contributed by atoms with Gasteiger partial charge in [-0.25, -0.2) is 15.0 Å². The van der Waals surface area contributed by atoms with Crippen LogP contribution < -0.4 is 5.32 Å². The first-order chi connectivity index (χ1) is 14.8. The van der Waals surface area contributed by atoms with E-state index in [4.69, 9.17) is 24.1 Å². The summed E-state index contributed by atoms with van der Waals surface area (Å²) in [5.41, 5.74) is 4.71. The van der Waals surface area contributed by atoms with Gasteiger partial charge in [0.1, 0.15) is 16.3 Å². The van der Waals surface area contributed by atoms with Gasteiger partial charge in [-0.1, -0.05) is 11.8 Å². The summed E-state index contributed by atoms with van der Waals surface area (Å²) < 4.78 is 12.6. The van der Waals surface area contributed by atoms with Crippen LogP contribution in [0.3, 0.4) is 0 Å². The van der Waals surface area contributed by atoms with Gasteiger partial charge >= 0.3 is 0 Å². The Morgan fingerprint density at radius 1 is 1.20 bits per heavy atom. The summed E-state index contributed by atoms with van der Waals surface area (Å²) in [6.07, 6.45) is 9.48. The van der Waals surface area contributed by atoms with E-state index in [0.29, 0.717) is 0 Å². The number of hydrogen-bond donors (Lipinski definition) is 1. The molecule has 4 aromatic heterocycles. The van der Waals surface area contributed by atoms with E-state index in [2.05, 4.69) is 5.32 Å². The maximum Gasteiger partial charge on any atom is 0.189 e. The van der Waals surface area contributed by atoms with Gasteiger partial charge in [-0.3, -0.25) is 0 Å². The van der Waals surface area contributed by atoms with Crippen molar-refractivity contribution in [2.75, 3.05) is 24.7 Å². The van der Waals surface area contributed by atoms with E-state index in [1.54, 1.807) is 29.4 Å². The lowest BCUT2D eigenvalue weighted by Crippen LogP contribution is -2.19. The average Bonchev–Trinajstić information content (AvgIpc) is 3.56. The molecule has 1 N–H and O–H groups in total. The van der Waals surface area contributed by atoms with Gasteiger partial charge in [0.05, 0.1) is 22.6 Å². The Kier molecular flexibility index (Phi) is 4.66. The molecule has 1 aliphatic carbocycles. The maximum absolute atomic E-state index is 5.79. The fourth-order valence-electron chi connectivity index (χ4n) is 4.59. The maximum atomic E-state index is 5.79. The number of fused-ring (bicyclic) bond motifs is 5. The Hall–Kier alpha value is -2.16. The van der Waals surface area contributed by atoms with Crippen LogP contribution in [0.2, 0.25) is 0 Å². The van der Waals surface area contributed by atoms with Crippen molar-refractivity contribution in [1.29, 1.82) is 0 Å². The van der Waals surface area contributed by atoms with Gasteiger partial charge in [0.25, 0.3) is 0 Å². The Balaban J connectivity index is 1.54. The molecule has 6 rings (SSSR count). The summed E-state index contributed by atoms with van der Waals surface area (Å²) in [6.45, 7) is 1.63. The first-order valence-corrected chi connectivity index (χ1v) is 12.5. The number of hydrogen-bond acceptors (Lipinski definition) is 8. The van der Waals surface area contributed by atoms with Crippen molar-refractivity contribution in [1.82, 2.24) is 15.0 Å². The van der Waals surface area contributed by atoms with E-state index in [1.165, 1.54) is 16.5 Å². The number of aryl methyl sites for hydroxylation is 1. The molecule has 4 aromatic rings. The van der Waals surface area contributed by atoms with Crippen molar-refractivity contribution in [3.8, 4) is 11.5 Å². The third kappa shape index (κ3) is 3.01. The molecule has 0 bridgehead atoms. The summed E-state index contributed by atoms with van der Waals surface area (Å²) in [7, 11) is 0. The Labute approximate surface area is 182 Å². The molecule has 0 saturated carbocycles. The molecule has 1 atom stereocenters. The SMILES string of the molecule is CSc1nc(NC[C@@H]2CCCO2)c2sc3nc(-c4ccco4)c4c(c3c2n1)CCC4. The highest BCUT2D eigenvalue weighted by atomic mass is 32.2. The monoisotopic (exact) mass is 438 g/mol. The van der Waals surface area contributed by atoms with Gasteiger partial charge < -0.3 is 14.5 Å². The van der Waals surface area contributed by atoms with Crippen molar-refractivity contribution >= 4 is 49.3 Å². The lowest BCUT2D eigenvalue weighted by Gasteiger charge is -2.12. The molecule has 0 radical (unpaired) electrons. The van der Waals surface area contributed by atoms with Crippen molar-refractivity contribution in [2.45, 2.75) is 43.4 Å². The summed E-state index contributed by atoms with van der Waals surface area (Å²) in [5, 5.41) is 5.54. The fraction of sp³-hybridized carbons (Fsp3) is 0.409. The molecule has 8 heteroatoms. The minimum Gasteiger partial charge on any atom is -0.463 e. The van der Waals surface area contributed by atoms with E-state index >= 15 is 0 Å². The zero-order chi connectivity index (χ0) is 20.1. The number of ether oxygens (including phenoxy) is 1. The van der Waals surface area contributed by atoms with Gasteiger partial charge in [0.15, 0.2) is 10.9 Å². The molecule has 1 aliphatic heterocycles. The molecule has 5 heterocycles. The highest BCUT2D eigenvalue weighted by molar-refractivity contribution is 7.98. The number of thiophene rings is 1. The first kappa shape index (κ1) is 18.6. The summed E-state index contributed by atoms with van der Waals surface area (Å²) in [5.74, 6) is 1.74. The number of rotatable bonds is 5. The van der Waals surface area contributed by atoms with Crippen LogP contribution in [-0.4, -0.2) is 40.5 Å². The number of pyridine rings is 1. The first-order valence-electron chi connectivity index (χ1n) is 10.4. The molecule has 1 saturated heterocycles. The number of nitrogens with zero attached hydrogens (tertiary/aromatic N) is 3. The second kappa shape index (κ2) is 7.51. The molecule has 1 fully saturated rings. The van der Waals surface area contributed by atoms with Crippen LogP contribution in [0.4, 0.5) is 5.82 Å². The summed E-state index contributed by atoms with van der Waals surface area (Å²) in [4.78, 5) is 15.8. The number of anilines is 1. The quantitative estimate of drug-likeness (QED) is 0.335. The molecule has 2 aliphatic rings. The second-order valence-corrected chi connectivity index (χ2v) is 9.56. The fourth-order valence-corrected chi connectivity index (χ4v) is 6.07. The third-order valence-corrected chi connectivity index (χ3v) is 7.60. The molecule has 30 heavy (non-hydrogen) atoms. The minimum absolute atomic E-state index is 0.259. The Morgan fingerprint density at radius 3 is 2.93 bits per heavy atom. The van der Waals surface area contributed by atoms with E-state index in [0.717, 1.165) is 82.7 Å². The molecule has 0 unspecified atom stereocenters. The molecule has 0 spiro atoms. The van der Waals surface area contributed by atoms with Crippen LogP contribution in [-0.2, 0) is 17.6 Å². The smallest absolute Gasteiger partial charge is 0.189 e. The minimum atomic E-state index is 0.259. The number of thioether (sulfide) groups is 1. The lowest BCUT2D eigenvalue weighted by atomic mass is 10.0. The van der Waals surface area contributed by atoms with Crippen molar-refractivity contribution in [3.05, 3.63) is 29.5 Å². The molecule has 154 valence electrons. The number of nitrogens with one attached hydrogen (secondary N) is 1. The third-order valence-electron chi connectivity index (χ3n) is 5.97. The van der Waals surface area contributed by atoms with Crippen LogP contribution in [0.1, 0.15) is 30.4 Å². The topological polar surface area (TPSA) is 73.1 Å². The largest absolute Gasteiger partial charge is 0.463 e. The van der Waals surface area contributed by atoms with Gasteiger partial charge in [0.2, 0.25) is 0 Å². The van der Waals surface area contributed by atoms with Crippen molar-refractivity contribution < 1.29 is 9.15 Å². The van der Waals surface area contributed by atoms with E-state index in [9.17, 15) is 0 Å². The number of furan rings is 1. The van der Waals surface area contributed by atoms with Crippen LogP contribution in [0.5, 0.6) is 0 Å². The highest BCUT2D eigenvalue weighted by Gasteiger charge is 2.26. The van der Waals surface area contributed by atoms with Crippen molar-refractivity contribution in [3.63, 3.8) is 0 Å². The molecule has 0 amide bonds. The zero-order valence-electron chi connectivity index (χ0n) is 16.7. The summed E-state index contributed by atoms with van der Waals surface area (Å²) in [6, 6.07) is 3.93. The second-order valence-electron chi connectivity index (χ2n) is 7.78. The van der Waals surface area contributed by atoms with Crippen LogP contribution in [0, 0.1) is 0 Å². The van der Waals surface area contributed by atoms with E-state index in [1.807, 2.05) is 18.4 Å². The predicted molar refractivity (Wildman–Crippen MR) is 122 cm³/mol. The Morgan fingerprint density at radius 2 is 2.13 bits per heavy atom. The van der Waals surface area contributed by atoms with Gasteiger partial charge in [0, 0.05) is 18.5 Å². The van der Waals surface area contributed by atoms with E-state index in [-0.39, 0.29) is 6.10 Å². The van der Waals surface area contributed by atoms with Crippen LogP contribution in [0.15, 0.2) is 28.0 Å². The van der Waals surface area contributed by atoms with Gasteiger partial charge in [-0.05, 0) is 61.6 Å². The molecule has 0 aromatic carbocycles. The van der Waals surface area contributed by atoms with Crippen molar-refractivity contribution in [2.24, 2.45) is 0 Å². The molecular weight excluding hydrogens is 416 g/mol. The number of aromatic nitrogens is 3. The Bertz CT molecular complexity index is 1230. The summed E-state index contributed by atoms with van der Waals surface area (Å²) >= 11 is 3.26. The zero-order valence-corrected chi connectivity index (χ0v) is 18.4. The normalized spacial score (nSPS) is 18.5. The van der Waals surface area contributed by atoms with Gasteiger partial charge in [-0.15, -0.1) is 11.3 Å².